The average molecular weight is 222 g/mol. The maximum absolute atomic E-state index is 11.8. The minimum Gasteiger partial charge on any atom is -0.508 e. The van der Waals surface area contributed by atoms with Crippen molar-refractivity contribution in [1.82, 2.24) is 0 Å². The predicted molar refractivity (Wildman–Crippen MR) is 58.0 cm³/mol. The Morgan fingerprint density at radius 1 is 1.56 bits per heavy atom. The molecule has 0 saturated carbocycles. The van der Waals surface area contributed by atoms with Gasteiger partial charge >= 0.3 is 5.97 Å². The number of aromatic hydroxyl groups is 1. The topological polar surface area (TPSA) is 55.8 Å². The van der Waals surface area contributed by atoms with Crippen molar-refractivity contribution in [3.05, 3.63) is 22.8 Å². The van der Waals surface area contributed by atoms with E-state index in [1.807, 2.05) is 6.92 Å². The number of carbonyl (C=O) groups excluding carboxylic acids is 1. The molecular weight excluding hydrogens is 208 g/mol. The Bertz CT molecular complexity index is 451. The third-order valence-electron chi connectivity index (χ3n) is 2.88. The summed E-state index contributed by atoms with van der Waals surface area (Å²) >= 11 is 0. The van der Waals surface area contributed by atoms with Crippen LogP contribution in [0.25, 0.3) is 0 Å². The molecule has 1 aromatic carbocycles. The Morgan fingerprint density at radius 3 is 2.88 bits per heavy atom. The van der Waals surface area contributed by atoms with Gasteiger partial charge in [0.1, 0.15) is 23.2 Å². The zero-order valence-corrected chi connectivity index (χ0v) is 9.53. The maximum atomic E-state index is 11.8. The number of rotatable bonds is 1. The first-order valence-corrected chi connectivity index (χ1v) is 5.15. The molecule has 1 atom stereocenters. The summed E-state index contributed by atoms with van der Waals surface area (Å²) < 4.78 is 10.2. The number of hydrogen-bond donors (Lipinski definition) is 1. The van der Waals surface area contributed by atoms with Gasteiger partial charge in [-0.05, 0) is 25.0 Å². The van der Waals surface area contributed by atoms with E-state index in [9.17, 15) is 9.90 Å². The summed E-state index contributed by atoms with van der Waals surface area (Å²) in [5, 5.41) is 9.73. The molecule has 16 heavy (non-hydrogen) atoms. The number of fused-ring (bicyclic) bond motifs is 1. The lowest BCUT2D eigenvalue weighted by atomic mass is 9.93. The summed E-state index contributed by atoms with van der Waals surface area (Å²) in [6, 6.07) is 1.45. The second-order valence-corrected chi connectivity index (χ2v) is 4.00. The van der Waals surface area contributed by atoms with Gasteiger partial charge in [0, 0.05) is 12.5 Å². The van der Waals surface area contributed by atoms with Crippen molar-refractivity contribution in [1.29, 1.82) is 0 Å². The smallest absolute Gasteiger partial charge is 0.342 e. The lowest BCUT2D eigenvalue weighted by Gasteiger charge is -2.25. The van der Waals surface area contributed by atoms with E-state index in [4.69, 9.17) is 9.47 Å². The van der Waals surface area contributed by atoms with E-state index >= 15 is 0 Å². The second-order valence-electron chi connectivity index (χ2n) is 4.00. The van der Waals surface area contributed by atoms with Crippen LogP contribution in [0.1, 0.15) is 28.4 Å². The molecule has 1 heterocycles. The summed E-state index contributed by atoms with van der Waals surface area (Å²) in [7, 11) is 1.47. The summed E-state index contributed by atoms with van der Waals surface area (Å²) in [4.78, 5) is 11.8. The van der Waals surface area contributed by atoms with Crippen molar-refractivity contribution in [3.63, 3.8) is 0 Å². The fourth-order valence-electron chi connectivity index (χ4n) is 2.01. The Balaban J connectivity index is 2.68. The highest BCUT2D eigenvalue weighted by Crippen LogP contribution is 2.36. The van der Waals surface area contributed by atoms with Crippen LogP contribution in [0, 0.1) is 6.92 Å². The number of carbonyl (C=O) groups is 1. The van der Waals surface area contributed by atoms with E-state index in [1.165, 1.54) is 13.2 Å². The van der Waals surface area contributed by atoms with Crippen molar-refractivity contribution in [2.75, 3.05) is 7.11 Å². The standard InChI is InChI=1S/C12H14O4/c1-6-4-8-7(2)9(13)5-10(15-3)11(8)12(14)16-6/h5-6,13H,4H2,1-3H3/t6-/m0/s1. The molecule has 0 fully saturated rings. The third-order valence-corrected chi connectivity index (χ3v) is 2.88. The van der Waals surface area contributed by atoms with Crippen molar-refractivity contribution < 1.29 is 19.4 Å². The maximum Gasteiger partial charge on any atom is 0.342 e. The van der Waals surface area contributed by atoms with Gasteiger partial charge in [-0.15, -0.1) is 0 Å². The number of ether oxygens (including phenoxy) is 2. The van der Waals surface area contributed by atoms with Crippen LogP contribution in [0.2, 0.25) is 0 Å². The molecule has 0 amide bonds. The van der Waals surface area contributed by atoms with Gasteiger partial charge in [-0.1, -0.05) is 0 Å². The molecule has 2 rings (SSSR count). The first-order valence-electron chi connectivity index (χ1n) is 5.15. The number of methoxy groups -OCH3 is 1. The highest BCUT2D eigenvalue weighted by Gasteiger charge is 2.29. The highest BCUT2D eigenvalue weighted by molar-refractivity contribution is 5.96. The molecule has 0 unspecified atom stereocenters. The Hall–Kier alpha value is -1.71. The largest absolute Gasteiger partial charge is 0.508 e. The molecule has 0 spiro atoms. The Morgan fingerprint density at radius 2 is 2.25 bits per heavy atom. The number of hydrogen-bond acceptors (Lipinski definition) is 4. The predicted octanol–water partition coefficient (Wildman–Crippen LogP) is 1.81. The lowest BCUT2D eigenvalue weighted by molar-refractivity contribution is 0.0295. The van der Waals surface area contributed by atoms with Crippen LogP contribution in [-0.4, -0.2) is 24.3 Å². The van der Waals surface area contributed by atoms with Gasteiger partial charge in [0.15, 0.2) is 0 Å². The van der Waals surface area contributed by atoms with Gasteiger partial charge < -0.3 is 14.6 Å². The molecule has 4 nitrogen and oxygen atoms in total. The van der Waals surface area contributed by atoms with E-state index in [1.54, 1.807) is 6.92 Å². The molecule has 4 heteroatoms. The quantitative estimate of drug-likeness (QED) is 0.736. The number of cyclic esters (lactones) is 1. The van der Waals surface area contributed by atoms with Crippen LogP contribution >= 0.6 is 0 Å². The zero-order valence-electron chi connectivity index (χ0n) is 9.53. The van der Waals surface area contributed by atoms with Crippen LogP contribution in [0.5, 0.6) is 11.5 Å². The summed E-state index contributed by atoms with van der Waals surface area (Å²) in [5.74, 6) is 0.140. The summed E-state index contributed by atoms with van der Waals surface area (Å²) in [6.45, 7) is 3.62. The van der Waals surface area contributed by atoms with Crippen molar-refractivity contribution in [2.24, 2.45) is 0 Å². The summed E-state index contributed by atoms with van der Waals surface area (Å²) in [6.07, 6.45) is 0.447. The van der Waals surface area contributed by atoms with E-state index in [-0.39, 0.29) is 17.8 Å². The fourth-order valence-corrected chi connectivity index (χ4v) is 2.01. The normalized spacial score (nSPS) is 18.9. The molecule has 1 N–H and O–H groups in total. The van der Waals surface area contributed by atoms with Gasteiger partial charge in [0.2, 0.25) is 0 Å². The fraction of sp³-hybridized carbons (Fsp3) is 0.417. The van der Waals surface area contributed by atoms with Gasteiger partial charge in [-0.25, -0.2) is 4.79 Å². The van der Waals surface area contributed by atoms with Crippen LogP contribution in [0.15, 0.2) is 6.07 Å². The highest BCUT2D eigenvalue weighted by atomic mass is 16.5. The Kier molecular flexibility index (Phi) is 2.50. The van der Waals surface area contributed by atoms with Crippen molar-refractivity contribution >= 4 is 5.97 Å². The van der Waals surface area contributed by atoms with Gasteiger partial charge in [0.05, 0.1) is 7.11 Å². The van der Waals surface area contributed by atoms with Crippen LogP contribution in [-0.2, 0) is 11.2 Å². The van der Waals surface area contributed by atoms with E-state index < -0.39 is 0 Å². The average Bonchev–Trinajstić information content (AvgIpc) is 2.23. The van der Waals surface area contributed by atoms with Gasteiger partial charge in [-0.3, -0.25) is 0 Å². The molecule has 1 aliphatic heterocycles. The third kappa shape index (κ3) is 1.50. The van der Waals surface area contributed by atoms with Crippen LogP contribution in [0.4, 0.5) is 0 Å². The molecule has 86 valence electrons. The van der Waals surface area contributed by atoms with E-state index in [2.05, 4.69) is 0 Å². The Labute approximate surface area is 93.8 Å². The molecule has 0 radical (unpaired) electrons. The van der Waals surface area contributed by atoms with Gasteiger partial charge in [-0.2, -0.15) is 0 Å². The number of phenolic OH excluding ortho intramolecular Hbond substituents is 1. The van der Waals surface area contributed by atoms with E-state index in [0.29, 0.717) is 17.7 Å². The van der Waals surface area contributed by atoms with Crippen LogP contribution in [0.3, 0.4) is 0 Å². The molecule has 1 aromatic rings. The number of benzene rings is 1. The molecule has 0 bridgehead atoms. The first-order chi connectivity index (χ1) is 7.54. The van der Waals surface area contributed by atoms with Crippen LogP contribution < -0.4 is 4.74 Å². The number of phenols is 1. The minimum atomic E-state index is -0.381. The van der Waals surface area contributed by atoms with Crippen molar-refractivity contribution in [3.8, 4) is 11.5 Å². The molecule has 0 aliphatic carbocycles. The molecular formula is C12H14O4. The van der Waals surface area contributed by atoms with Gasteiger partial charge in [0.25, 0.3) is 0 Å². The SMILES string of the molecule is COc1cc(O)c(C)c2c1C(=O)O[C@@H](C)C2. The molecule has 0 saturated heterocycles. The lowest BCUT2D eigenvalue weighted by Crippen LogP contribution is -2.26. The summed E-state index contributed by atoms with van der Waals surface area (Å²) in [5.41, 5.74) is 1.98. The molecule has 0 aromatic heterocycles. The molecule has 1 aliphatic rings. The van der Waals surface area contributed by atoms with Crippen molar-refractivity contribution in [2.45, 2.75) is 26.4 Å². The first kappa shape index (κ1) is 10.8. The zero-order chi connectivity index (χ0) is 11.9. The minimum absolute atomic E-state index is 0.150. The van der Waals surface area contributed by atoms with E-state index in [0.717, 1.165) is 11.1 Å². The number of esters is 1. The second kappa shape index (κ2) is 3.70. The monoisotopic (exact) mass is 222 g/mol.